The maximum Gasteiger partial charge on any atom is 0.509 e. The van der Waals surface area contributed by atoms with Gasteiger partial charge < -0.3 is 44.4 Å². The minimum Gasteiger partial charge on any atom is -0.496 e. The molecule has 0 aliphatic carbocycles. The molecule has 15 nitrogen and oxygen atoms in total. The van der Waals surface area contributed by atoms with Crippen LogP contribution in [0.4, 0.5) is 9.59 Å². The number of carbonyl (C=O) groups excluding carboxylic acids is 6. The Morgan fingerprint density at radius 3 is 2.39 bits per heavy atom. The zero-order valence-corrected chi connectivity index (χ0v) is 28.7. The van der Waals surface area contributed by atoms with Gasteiger partial charge in [0.25, 0.3) is 5.91 Å². The molecule has 2 fully saturated rings. The van der Waals surface area contributed by atoms with Crippen LogP contribution < -0.4 is 15.4 Å². The number of aromatic nitrogens is 1. The highest BCUT2D eigenvalue weighted by Crippen LogP contribution is 2.27. The molecule has 1 aromatic carbocycles. The highest BCUT2D eigenvalue weighted by Gasteiger charge is 2.39. The molecular weight excluding hydrogens is 638 g/mol. The van der Waals surface area contributed by atoms with Gasteiger partial charge in [-0.15, -0.1) is 0 Å². The molecule has 4 atom stereocenters. The number of fused-ring (bicyclic) bond motifs is 1. The van der Waals surface area contributed by atoms with Crippen molar-refractivity contribution in [2.75, 3.05) is 40.5 Å². The number of nitrogens with zero attached hydrogens (tertiary/aromatic N) is 2. The number of hydrogen-bond acceptors (Lipinski definition) is 10. The molecule has 4 amide bonds. The van der Waals surface area contributed by atoms with Crippen molar-refractivity contribution in [1.82, 2.24) is 25.4 Å². The van der Waals surface area contributed by atoms with Crippen LogP contribution in [0.2, 0.25) is 0 Å². The Morgan fingerprint density at radius 2 is 1.71 bits per heavy atom. The molecule has 2 saturated heterocycles. The van der Waals surface area contributed by atoms with Gasteiger partial charge in [0.05, 0.1) is 20.3 Å². The first kappa shape index (κ1) is 37.0. The fourth-order valence-corrected chi connectivity index (χ4v) is 6.19. The summed E-state index contributed by atoms with van der Waals surface area (Å²) in [5, 5.41) is 6.23. The van der Waals surface area contributed by atoms with Crippen molar-refractivity contribution in [1.29, 1.82) is 0 Å². The lowest BCUT2D eigenvalue weighted by Gasteiger charge is -2.27. The molecule has 4 rings (SSSR count). The smallest absolute Gasteiger partial charge is 0.496 e. The minimum atomic E-state index is -1.21. The van der Waals surface area contributed by atoms with Crippen LogP contribution in [0.3, 0.4) is 0 Å². The van der Waals surface area contributed by atoms with Crippen molar-refractivity contribution >= 4 is 46.7 Å². The van der Waals surface area contributed by atoms with E-state index in [-0.39, 0.29) is 36.9 Å². The van der Waals surface area contributed by atoms with Gasteiger partial charge in [-0.2, -0.15) is 0 Å². The Balaban J connectivity index is 1.50. The lowest BCUT2D eigenvalue weighted by molar-refractivity contribution is -0.140. The van der Waals surface area contributed by atoms with Gasteiger partial charge in [-0.05, 0) is 69.6 Å². The predicted molar refractivity (Wildman–Crippen MR) is 177 cm³/mol. The maximum absolute atomic E-state index is 13.8. The van der Waals surface area contributed by atoms with E-state index in [2.05, 4.69) is 20.4 Å². The van der Waals surface area contributed by atoms with Crippen molar-refractivity contribution in [2.45, 2.75) is 77.6 Å². The molecule has 3 N–H and O–H groups in total. The van der Waals surface area contributed by atoms with Crippen molar-refractivity contribution in [3.05, 3.63) is 30.0 Å². The van der Waals surface area contributed by atoms with Crippen LogP contribution in [0.25, 0.3) is 10.9 Å². The average molecular weight is 686 g/mol. The molecule has 3 heterocycles. The van der Waals surface area contributed by atoms with Crippen LogP contribution in [0, 0.1) is 11.8 Å². The standard InChI is InChI=1S/C34H47N5O10/c1-20(2)16-26(37-31(42)27-18-23-24(35-27)10-9-11-29(23)46-4)30(41)36-25(28(40)19-48-33(44)38-13-7-6-8-14-38)17-22-12-15-39(32(22)43)21(3)49-34(45)47-5/h9-11,18,20-22,25-26,35H,6-8,12-17,19H2,1-5H3,(H,36,41)(H,37,42)/t21-,22-,25-,26-/m0/s1. The number of rotatable bonds is 14. The summed E-state index contributed by atoms with van der Waals surface area (Å²) in [7, 11) is 2.69. The first-order valence-corrected chi connectivity index (χ1v) is 16.7. The molecule has 268 valence electrons. The van der Waals surface area contributed by atoms with Crippen LogP contribution in [0.15, 0.2) is 24.3 Å². The van der Waals surface area contributed by atoms with E-state index in [0.717, 1.165) is 26.4 Å². The molecule has 0 unspecified atom stereocenters. The summed E-state index contributed by atoms with van der Waals surface area (Å²) in [6.07, 6.45) is 0.727. The van der Waals surface area contributed by atoms with Gasteiger partial charge in [-0.25, -0.2) is 9.59 Å². The zero-order chi connectivity index (χ0) is 35.7. The number of ketones is 1. The molecule has 2 aliphatic rings. The molecule has 0 saturated carbocycles. The lowest BCUT2D eigenvalue weighted by atomic mass is 9.95. The Hall–Kier alpha value is -4.82. The van der Waals surface area contributed by atoms with E-state index in [9.17, 15) is 28.8 Å². The second kappa shape index (κ2) is 17.0. The number of hydrogen-bond donors (Lipinski definition) is 3. The van der Waals surface area contributed by atoms with Crippen molar-refractivity contribution in [3.8, 4) is 5.75 Å². The van der Waals surface area contributed by atoms with Crippen molar-refractivity contribution in [3.63, 3.8) is 0 Å². The molecule has 0 radical (unpaired) electrons. The van der Waals surface area contributed by atoms with Crippen LogP contribution in [-0.4, -0.2) is 109 Å². The number of ether oxygens (including phenoxy) is 4. The first-order valence-electron chi connectivity index (χ1n) is 16.7. The number of piperidine rings is 1. The van der Waals surface area contributed by atoms with Crippen molar-refractivity contribution in [2.24, 2.45) is 11.8 Å². The minimum absolute atomic E-state index is 0.0141. The number of benzene rings is 1. The summed E-state index contributed by atoms with van der Waals surface area (Å²) in [5.74, 6) is -2.25. The van der Waals surface area contributed by atoms with Gasteiger partial charge in [0, 0.05) is 36.5 Å². The highest BCUT2D eigenvalue weighted by atomic mass is 16.7. The van der Waals surface area contributed by atoms with E-state index in [1.165, 1.54) is 18.9 Å². The van der Waals surface area contributed by atoms with Gasteiger partial charge in [0.15, 0.2) is 18.6 Å². The summed E-state index contributed by atoms with van der Waals surface area (Å²) >= 11 is 0. The molecule has 2 aromatic rings. The van der Waals surface area contributed by atoms with E-state index in [4.69, 9.17) is 14.2 Å². The first-order chi connectivity index (χ1) is 23.4. The fraction of sp³-hybridized carbons (Fsp3) is 0.588. The normalized spacial score (nSPS) is 18.1. The maximum atomic E-state index is 13.8. The van der Waals surface area contributed by atoms with Gasteiger partial charge >= 0.3 is 12.2 Å². The third kappa shape index (κ3) is 9.63. The third-order valence-corrected chi connectivity index (χ3v) is 8.82. The van der Waals surface area contributed by atoms with E-state index in [1.54, 1.807) is 29.2 Å². The molecule has 15 heteroatoms. The van der Waals surface area contributed by atoms with Crippen molar-refractivity contribution < 1.29 is 47.7 Å². The summed E-state index contributed by atoms with van der Waals surface area (Å²) in [6.45, 7) is 6.03. The number of amides is 4. The number of aromatic amines is 1. The molecule has 49 heavy (non-hydrogen) atoms. The van der Waals surface area contributed by atoms with Gasteiger partial charge in [0.1, 0.15) is 17.5 Å². The molecular formula is C34H47N5O10. The third-order valence-electron chi connectivity index (χ3n) is 8.82. The van der Waals surface area contributed by atoms with E-state index >= 15 is 0 Å². The monoisotopic (exact) mass is 685 g/mol. The summed E-state index contributed by atoms with van der Waals surface area (Å²) in [4.78, 5) is 84.4. The number of methoxy groups -OCH3 is 2. The Kier molecular flexibility index (Phi) is 12.9. The topological polar surface area (TPSA) is 186 Å². The predicted octanol–water partition coefficient (Wildman–Crippen LogP) is 3.37. The number of H-pyrrole nitrogens is 1. The van der Waals surface area contributed by atoms with Gasteiger partial charge in [0.2, 0.25) is 11.8 Å². The SMILES string of the molecule is COC(=O)O[C@@H](C)N1CC[C@@H](C[C@H](NC(=O)[C@H](CC(C)C)NC(=O)c2cc3c(OC)cccc3[nH]2)C(=O)COC(=O)N2CCCCC2)C1=O. The van der Waals surface area contributed by atoms with E-state index in [0.29, 0.717) is 36.2 Å². The number of nitrogens with one attached hydrogen (secondary N) is 3. The lowest BCUT2D eigenvalue weighted by Crippen LogP contribution is -2.53. The zero-order valence-electron chi connectivity index (χ0n) is 28.7. The molecule has 0 spiro atoms. The summed E-state index contributed by atoms with van der Waals surface area (Å²) < 4.78 is 20.4. The van der Waals surface area contributed by atoms with Gasteiger partial charge in [-0.3, -0.25) is 19.2 Å². The van der Waals surface area contributed by atoms with Crippen LogP contribution in [0.5, 0.6) is 5.75 Å². The fourth-order valence-electron chi connectivity index (χ4n) is 6.19. The summed E-state index contributed by atoms with van der Waals surface area (Å²) in [5.41, 5.74) is 0.902. The van der Waals surface area contributed by atoms with E-state index < -0.39 is 60.7 Å². The number of carbonyl (C=O) groups is 6. The number of Topliss-reactive ketones (excluding diaryl/α,β-unsaturated/α-hetero) is 1. The Morgan fingerprint density at radius 1 is 0.980 bits per heavy atom. The van der Waals surface area contributed by atoms with Crippen LogP contribution in [0.1, 0.15) is 69.8 Å². The second-order valence-corrected chi connectivity index (χ2v) is 12.8. The van der Waals surface area contributed by atoms with Gasteiger partial charge in [-0.1, -0.05) is 19.9 Å². The quantitative estimate of drug-likeness (QED) is 0.249. The average Bonchev–Trinajstić information content (AvgIpc) is 3.70. The number of likely N-dealkylation sites (tertiary alicyclic amines) is 2. The van der Waals surface area contributed by atoms with E-state index in [1.807, 2.05) is 13.8 Å². The molecule has 0 bridgehead atoms. The second-order valence-electron chi connectivity index (χ2n) is 12.8. The Labute approximate surface area is 285 Å². The summed E-state index contributed by atoms with van der Waals surface area (Å²) in [6, 6.07) is 4.76. The molecule has 2 aliphatic heterocycles. The Bertz CT molecular complexity index is 1520. The largest absolute Gasteiger partial charge is 0.509 e. The molecule has 1 aromatic heterocycles. The highest BCUT2D eigenvalue weighted by molar-refractivity contribution is 6.02. The van der Waals surface area contributed by atoms with Crippen LogP contribution >= 0.6 is 0 Å². The van der Waals surface area contributed by atoms with Crippen LogP contribution in [-0.2, 0) is 28.6 Å².